The molecule has 4 aromatic rings. The summed E-state index contributed by atoms with van der Waals surface area (Å²) < 4.78 is 1.53. The molecule has 0 aliphatic rings. The van der Waals surface area contributed by atoms with Gasteiger partial charge >= 0.3 is 11.9 Å². The highest BCUT2D eigenvalue weighted by Crippen LogP contribution is 2.19. The Labute approximate surface area is 146 Å². The molecule has 5 nitrogen and oxygen atoms in total. The number of aromatic amines is 1. The molecule has 0 amide bonds. The van der Waals surface area contributed by atoms with E-state index >= 15 is 0 Å². The van der Waals surface area contributed by atoms with E-state index in [1.54, 1.807) is 6.33 Å². The summed E-state index contributed by atoms with van der Waals surface area (Å²) in [6.07, 6.45) is 1.57. The van der Waals surface area contributed by atoms with Crippen molar-refractivity contribution in [2.24, 2.45) is 0 Å². The Balaban J connectivity index is 1.71. The van der Waals surface area contributed by atoms with Crippen molar-refractivity contribution < 1.29 is 4.52 Å². The third kappa shape index (κ3) is 2.86. The molecule has 4 rings (SSSR count). The summed E-state index contributed by atoms with van der Waals surface area (Å²) in [5, 5.41) is 6.48. The van der Waals surface area contributed by atoms with Gasteiger partial charge < -0.3 is 0 Å². The van der Waals surface area contributed by atoms with Gasteiger partial charge in [-0.1, -0.05) is 57.2 Å². The number of halogens is 1. The van der Waals surface area contributed by atoms with Gasteiger partial charge in [0.1, 0.15) is 0 Å². The van der Waals surface area contributed by atoms with Gasteiger partial charge in [-0.25, -0.2) is 0 Å². The van der Waals surface area contributed by atoms with Gasteiger partial charge in [-0.15, -0.1) is 0 Å². The number of aromatic nitrogens is 4. The minimum absolute atomic E-state index is 0.179. The first-order valence-corrected chi connectivity index (χ1v) is 8.64. The largest absolute Gasteiger partial charge is 0.312 e. The molecule has 0 aliphatic carbocycles. The van der Waals surface area contributed by atoms with Crippen LogP contribution in [0, 0.1) is 0 Å². The first-order valence-electron chi connectivity index (χ1n) is 7.28. The van der Waals surface area contributed by atoms with Crippen LogP contribution in [-0.2, 0) is 5.75 Å². The number of hydrogen-bond acceptors (Lipinski definition) is 4. The van der Waals surface area contributed by atoms with Crippen molar-refractivity contribution in [1.82, 2.24) is 15.1 Å². The Morgan fingerprint density at radius 1 is 1.12 bits per heavy atom. The van der Waals surface area contributed by atoms with E-state index < -0.39 is 0 Å². The van der Waals surface area contributed by atoms with Gasteiger partial charge in [-0.3, -0.25) is 9.78 Å². The minimum atomic E-state index is -0.179. The van der Waals surface area contributed by atoms with Crippen LogP contribution in [0.1, 0.15) is 5.56 Å². The highest BCUT2D eigenvalue weighted by atomic mass is 35.5. The quantitative estimate of drug-likeness (QED) is 0.348. The number of para-hydroxylation sites is 1. The van der Waals surface area contributed by atoms with Crippen molar-refractivity contribution in [1.29, 1.82) is 0 Å². The maximum Gasteiger partial charge on any atom is 0.312 e. The fourth-order valence-corrected chi connectivity index (χ4v) is 3.40. The predicted octanol–water partition coefficient (Wildman–Crippen LogP) is 3.00. The summed E-state index contributed by atoms with van der Waals surface area (Å²) in [7, 11) is 0. The van der Waals surface area contributed by atoms with E-state index in [4.69, 9.17) is 11.6 Å². The number of fused-ring (bicyclic) bond motifs is 3. The van der Waals surface area contributed by atoms with Crippen molar-refractivity contribution in [3.05, 3.63) is 75.8 Å². The van der Waals surface area contributed by atoms with Gasteiger partial charge in [0, 0.05) is 10.8 Å². The van der Waals surface area contributed by atoms with Crippen molar-refractivity contribution >= 4 is 39.8 Å². The monoisotopic (exact) mass is 355 g/mol. The second-order valence-corrected chi connectivity index (χ2v) is 6.63. The van der Waals surface area contributed by atoms with Gasteiger partial charge in [0.2, 0.25) is 10.7 Å². The number of H-pyrrole nitrogens is 1. The lowest BCUT2D eigenvalue weighted by Crippen LogP contribution is -2.35. The average Bonchev–Trinajstić information content (AvgIpc) is 2.61. The Morgan fingerprint density at radius 2 is 1.92 bits per heavy atom. The van der Waals surface area contributed by atoms with Crippen molar-refractivity contribution in [3.63, 3.8) is 0 Å². The Hall–Kier alpha value is -2.44. The fraction of sp³-hybridized carbons (Fsp3) is 0.0588. The molecule has 0 spiro atoms. The molecule has 0 fully saturated rings. The molecule has 0 bridgehead atoms. The van der Waals surface area contributed by atoms with Crippen LogP contribution in [0.3, 0.4) is 0 Å². The normalized spacial score (nSPS) is 11.2. The maximum absolute atomic E-state index is 12.5. The van der Waals surface area contributed by atoms with Crippen molar-refractivity contribution in [2.75, 3.05) is 0 Å². The van der Waals surface area contributed by atoms with Crippen LogP contribution in [0.15, 0.2) is 64.8 Å². The zero-order chi connectivity index (χ0) is 16.5. The Bertz CT molecular complexity index is 1100. The number of rotatable bonds is 3. The van der Waals surface area contributed by atoms with E-state index in [1.165, 1.54) is 16.3 Å². The first kappa shape index (κ1) is 15.1. The van der Waals surface area contributed by atoms with Crippen LogP contribution >= 0.6 is 23.4 Å². The highest BCUT2D eigenvalue weighted by Gasteiger charge is 2.15. The van der Waals surface area contributed by atoms with Gasteiger partial charge in [0.25, 0.3) is 0 Å². The second kappa shape index (κ2) is 6.22. The van der Waals surface area contributed by atoms with Crippen LogP contribution < -0.4 is 10.1 Å². The van der Waals surface area contributed by atoms with E-state index in [-0.39, 0.29) is 5.56 Å². The van der Waals surface area contributed by atoms with E-state index in [0.29, 0.717) is 21.4 Å². The van der Waals surface area contributed by atoms with Crippen LogP contribution in [0.4, 0.5) is 0 Å². The van der Waals surface area contributed by atoms with Crippen LogP contribution in [-0.4, -0.2) is 15.1 Å². The molecule has 0 saturated heterocycles. The van der Waals surface area contributed by atoms with E-state index in [0.717, 1.165) is 16.5 Å². The number of nitrogens with one attached hydrogen (secondary N) is 1. The molecule has 7 heteroatoms. The molecule has 2 aromatic carbocycles. The third-order valence-corrected chi connectivity index (χ3v) is 4.80. The van der Waals surface area contributed by atoms with E-state index in [1.807, 2.05) is 48.5 Å². The number of hydrogen-bond donors (Lipinski definition) is 1. The number of benzene rings is 2. The number of nitrogens with zero attached hydrogens (tertiary/aromatic N) is 3. The molecule has 2 aromatic heterocycles. The topological polar surface area (TPSA) is 62.7 Å². The van der Waals surface area contributed by atoms with Gasteiger partial charge in [-0.05, 0) is 34.8 Å². The molecular formula is C17H12ClN4OS+. The zero-order valence-corrected chi connectivity index (χ0v) is 14.0. The summed E-state index contributed by atoms with van der Waals surface area (Å²) in [5.41, 5.74) is 2.19. The molecule has 0 aliphatic heterocycles. The van der Waals surface area contributed by atoms with E-state index in [2.05, 4.69) is 15.1 Å². The molecule has 0 saturated carbocycles. The van der Waals surface area contributed by atoms with Gasteiger partial charge in [0.05, 0.1) is 5.39 Å². The lowest BCUT2D eigenvalue weighted by atomic mass is 10.2. The Morgan fingerprint density at radius 3 is 2.75 bits per heavy atom. The minimum Gasteiger partial charge on any atom is -0.295 e. The summed E-state index contributed by atoms with van der Waals surface area (Å²) in [4.78, 5) is 19.7. The van der Waals surface area contributed by atoms with Crippen molar-refractivity contribution in [3.8, 4) is 0 Å². The summed E-state index contributed by atoms with van der Waals surface area (Å²) in [6.45, 7) is 0. The van der Waals surface area contributed by atoms with Crippen LogP contribution in [0.25, 0.3) is 16.4 Å². The van der Waals surface area contributed by atoms with Gasteiger partial charge in [0.15, 0.2) is 5.52 Å². The van der Waals surface area contributed by atoms with Crippen LogP contribution in [0.5, 0.6) is 0 Å². The molecule has 2 heterocycles. The molecule has 0 atom stereocenters. The standard InChI is InChI=1S/C17H11ClN4OS/c18-12-7-5-11(6-8-12)9-24-17-20-16(23)15-13-3-1-2-4-14(13)19-10-22(15)21-17/h1-8,10H,9H2/p+1. The molecule has 1 N–H and O–H groups in total. The molecule has 118 valence electrons. The number of thioether (sulfide) groups is 1. The highest BCUT2D eigenvalue weighted by molar-refractivity contribution is 7.98. The molecule has 0 radical (unpaired) electrons. The lowest BCUT2D eigenvalue weighted by molar-refractivity contribution is -0.589. The smallest absolute Gasteiger partial charge is 0.295 e. The summed E-state index contributed by atoms with van der Waals surface area (Å²) in [6, 6.07) is 15.1. The van der Waals surface area contributed by atoms with Crippen LogP contribution in [0.2, 0.25) is 5.02 Å². The average molecular weight is 356 g/mol. The summed E-state index contributed by atoms with van der Waals surface area (Å²) in [5.74, 6) is 0.688. The molecule has 0 unspecified atom stereocenters. The Kier molecular flexibility index (Phi) is 3.92. The van der Waals surface area contributed by atoms with E-state index in [9.17, 15) is 4.79 Å². The maximum atomic E-state index is 12.5. The molecular weight excluding hydrogens is 344 g/mol. The third-order valence-electron chi connectivity index (χ3n) is 3.62. The zero-order valence-electron chi connectivity index (χ0n) is 12.4. The van der Waals surface area contributed by atoms with Crippen molar-refractivity contribution in [2.45, 2.75) is 10.9 Å². The summed E-state index contributed by atoms with van der Waals surface area (Å²) >= 11 is 7.34. The SMILES string of the molecule is O=c1[nH]c(SCc2ccc(Cl)cc2)n[n+]2cnc3ccccc3c12. The molecule has 24 heavy (non-hydrogen) atoms. The fourth-order valence-electron chi connectivity index (χ4n) is 2.46. The lowest BCUT2D eigenvalue weighted by Gasteiger charge is -2.02. The second-order valence-electron chi connectivity index (χ2n) is 5.23. The first-order chi connectivity index (χ1) is 11.7. The predicted molar refractivity (Wildman–Crippen MR) is 94.3 cm³/mol. The van der Waals surface area contributed by atoms with Gasteiger partial charge in [-0.2, -0.15) is 0 Å².